The highest BCUT2D eigenvalue weighted by atomic mass is 32.1. The van der Waals surface area contributed by atoms with Gasteiger partial charge in [-0.25, -0.2) is 4.79 Å². The van der Waals surface area contributed by atoms with Gasteiger partial charge in [0.2, 0.25) is 0 Å². The second-order valence-corrected chi connectivity index (χ2v) is 4.05. The van der Waals surface area contributed by atoms with Crippen molar-refractivity contribution in [3.63, 3.8) is 0 Å². The van der Waals surface area contributed by atoms with Crippen molar-refractivity contribution in [3.05, 3.63) is 29.3 Å². The lowest BCUT2D eigenvalue weighted by Crippen LogP contribution is -2.12. The summed E-state index contributed by atoms with van der Waals surface area (Å²) in [5, 5.41) is 5.50. The number of aromatic nitrogens is 2. The van der Waals surface area contributed by atoms with Gasteiger partial charge in [-0.15, -0.1) is 11.3 Å². The molecule has 0 saturated carbocycles. The van der Waals surface area contributed by atoms with Gasteiger partial charge in [0, 0.05) is 0 Å². The molecule has 0 N–H and O–H groups in total. The van der Waals surface area contributed by atoms with Crippen molar-refractivity contribution in [1.82, 2.24) is 9.78 Å². The summed E-state index contributed by atoms with van der Waals surface area (Å²) in [5.74, 6) is -0.833. The number of carbonyl (C=O) groups is 1. The second-order valence-electron chi connectivity index (χ2n) is 3.11. The molecule has 0 saturated heterocycles. The van der Waals surface area contributed by atoms with Gasteiger partial charge in [-0.05, 0) is 17.5 Å². The molecule has 2 aromatic rings. The van der Waals surface area contributed by atoms with Crippen LogP contribution in [0.3, 0.4) is 0 Å². The Hall–Kier alpha value is -1.76. The summed E-state index contributed by atoms with van der Waals surface area (Å²) in [5.41, 5.74) is 0.0756. The first-order valence-electron chi connectivity index (χ1n) is 4.63. The Bertz CT molecular complexity index is 522. The zero-order valence-electron chi connectivity index (χ0n) is 8.76. The summed E-state index contributed by atoms with van der Waals surface area (Å²) >= 11 is 1.36. The van der Waals surface area contributed by atoms with Crippen LogP contribution < -0.4 is 0 Å². The van der Waals surface area contributed by atoms with E-state index in [1.54, 1.807) is 17.5 Å². The smallest absolute Gasteiger partial charge is 0.356 e. The number of thiophene rings is 1. The van der Waals surface area contributed by atoms with Crippen LogP contribution in [0.15, 0.2) is 23.6 Å². The van der Waals surface area contributed by atoms with Crippen LogP contribution in [0.4, 0.5) is 8.78 Å². The van der Waals surface area contributed by atoms with E-state index in [0.29, 0.717) is 10.4 Å². The number of nitrogens with zero attached hydrogens (tertiary/aromatic N) is 2. The molecule has 0 bridgehead atoms. The van der Waals surface area contributed by atoms with E-state index in [4.69, 9.17) is 0 Å². The van der Waals surface area contributed by atoms with Crippen molar-refractivity contribution in [1.29, 1.82) is 0 Å². The van der Waals surface area contributed by atoms with Gasteiger partial charge in [0.15, 0.2) is 5.69 Å². The largest absolute Gasteiger partial charge is 0.464 e. The van der Waals surface area contributed by atoms with Crippen molar-refractivity contribution in [2.45, 2.75) is 6.55 Å². The normalized spacial score (nSPS) is 10.8. The predicted octanol–water partition coefficient (Wildman–Crippen LogP) is 2.79. The fourth-order valence-electron chi connectivity index (χ4n) is 1.34. The number of halogens is 2. The molecule has 4 nitrogen and oxygen atoms in total. The van der Waals surface area contributed by atoms with E-state index >= 15 is 0 Å². The molecule has 2 heterocycles. The van der Waals surface area contributed by atoms with Crippen molar-refractivity contribution in [2.75, 3.05) is 7.11 Å². The average molecular weight is 258 g/mol. The minimum atomic E-state index is -2.88. The summed E-state index contributed by atoms with van der Waals surface area (Å²) in [7, 11) is 1.13. The lowest BCUT2D eigenvalue weighted by molar-refractivity contribution is 0.0398. The van der Waals surface area contributed by atoms with Gasteiger partial charge in [-0.2, -0.15) is 18.6 Å². The van der Waals surface area contributed by atoms with Crippen LogP contribution in [0.1, 0.15) is 17.0 Å². The van der Waals surface area contributed by atoms with E-state index < -0.39 is 12.5 Å². The van der Waals surface area contributed by atoms with Crippen LogP contribution in [0.25, 0.3) is 10.6 Å². The molecular weight excluding hydrogens is 250 g/mol. The Morgan fingerprint density at radius 1 is 1.59 bits per heavy atom. The topological polar surface area (TPSA) is 44.1 Å². The minimum absolute atomic E-state index is 0.258. The molecule has 0 unspecified atom stereocenters. The molecule has 0 radical (unpaired) electrons. The summed E-state index contributed by atoms with van der Waals surface area (Å²) in [6.45, 7) is -2.88. The van der Waals surface area contributed by atoms with Crippen molar-refractivity contribution >= 4 is 17.3 Å². The Balaban J connectivity index is 2.48. The predicted molar refractivity (Wildman–Crippen MR) is 58.1 cm³/mol. The zero-order chi connectivity index (χ0) is 12.4. The molecule has 90 valence electrons. The Labute approximate surface area is 99.4 Å². The molecule has 0 fully saturated rings. The lowest BCUT2D eigenvalue weighted by Gasteiger charge is -2.02. The zero-order valence-corrected chi connectivity index (χ0v) is 9.58. The van der Waals surface area contributed by atoms with E-state index in [0.717, 1.165) is 12.0 Å². The van der Waals surface area contributed by atoms with E-state index in [-0.39, 0.29) is 5.69 Å². The SMILES string of the molecule is COC(=O)c1cc(-c2cccs2)nn1C(F)F. The van der Waals surface area contributed by atoms with Crippen LogP contribution >= 0.6 is 11.3 Å². The van der Waals surface area contributed by atoms with Crippen LogP contribution in [0.5, 0.6) is 0 Å². The standard InChI is InChI=1S/C10H8F2N2O2S/c1-16-9(15)7-5-6(8-3-2-4-17-8)13-14(7)10(11)12/h2-5,10H,1H3. The first-order valence-corrected chi connectivity index (χ1v) is 5.51. The molecule has 0 aliphatic heterocycles. The Morgan fingerprint density at radius 3 is 2.88 bits per heavy atom. The fourth-order valence-corrected chi connectivity index (χ4v) is 2.03. The summed E-state index contributed by atoms with van der Waals surface area (Å²) < 4.78 is 30.1. The molecule has 0 amide bonds. The quantitative estimate of drug-likeness (QED) is 0.795. The van der Waals surface area contributed by atoms with Crippen LogP contribution in [-0.2, 0) is 4.74 Å². The van der Waals surface area contributed by atoms with Gasteiger partial charge in [0.05, 0.1) is 12.0 Å². The van der Waals surface area contributed by atoms with E-state index in [9.17, 15) is 13.6 Å². The highest BCUT2D eigenvalue weighted by molar-refractivity contribution is 7.13. The number of esters is 1. The number of rotatable bonds is 3. The third kappa shape index (κ3) is 2.19. The summed E-state index contributed by atoms with van der Waals surface area (Å²) in [6.07, 6.45) is 0. The van der Waals surface area contributed by atoms with Gasteiger partial charge >= 0.3 is 12.5 Å². The molecule has 0 aliphatic carbocycles. The first-order chi connectivity index (χ1) is 8.13. The maximum absolute atomic E-state index is 12.7. The highest BCUT2D eigenvalue weighted by Gasteiger charge is 2.22. The summed E-state index contributed by atoms with van der Waals surface area (Å²) in [4.78, 5) is 12.0. The maximum atomic E-state index is 12.7. The van der Waals surface area contributed by atoms with E-state index in [2.05, 4.69) is 9.84 Å². The Kier molecular flexibility index (Phi) is 3.19. The number of methoxy groups -OCH3 is 1. The fraction of sp³-hybridized carbons (Fsp3) is 0.200. The molecule has 17 heavy (non-hydrogen) atoms. The van der Waals surface area contributed by atoms with Crippen LogP contribution in [0, 0.1) is 0 Å². The number of hydrogen-bond acceptors (Lipinski definition) is 4. The number of hydrogen-bond donors (Lipinski definition) is 0. The highest BCUT2D eigenvalue weighted by Crippen LogP contribution is 2.26. The third-order valence-electron chi connectivity index (χ3n) is 2.09. The third-order valence-corrected chi connectivity index (χ3v) is 2.98. The second kappa shape index (κ2) is 4.62. The van der Waals surface area contributed by atoms with Crippen molar-refractivity contribution < 1.29 is 18.3 Å². The number of ether oxygens (including phenoxy) is 1. The minimum Gasteiger partial charge on any atom is -0.464 e. The molecule has 0 aliphatic rings. The first kappa shape index (κ1) is 11.7. The number of alkyl halides is 2. The lowest BCUT2D eigenvalue weighted by atomic mass is 10.3. The molecule has 7 heteroatoms. The van der Waals surface area contributed by atoms with Gasteiger partial charge in [-0.1, -0.05) is 6.07 Å². The molecule has 2 rings (SSSR count). The molecule has 0 aromatic carbocycles. The molecule has 0 atom stereocenters. The van der Waals surface area contributed by atoms with Crippen LogP contribution in [-0.4, -0.2) is 22.9 Å². The van der Waals surface area contributed by atoms with Crippen LogP contribution in [0.2, 0.25) is 0 Å². The average Bonchev–Trinajstić information content (AvgIpc) is 2.95. The van der Waals surface area contributed by atoms with Gasteiger partial charge in [0.1, 0.15) is 5.69 Å². The summed E-state index contributed by atoms with van der Waals surface area (Å²) in [6, 6.07) is 4.81. The number of carbonyl (C=O) groups excluding carboxylic acids is 1. The monoisotopic (exact) mass is 258 g/mol. The molecule has 2 aromatic heterocycles. The Morgan fingerprint density at radius 2 is 2.35 bits per heavy atom. The van der Waals surface area contributed by atoms with Gasteiger partial charge in [0.25, 0.3) is 0 Å². The van der Waals surface area contributed by atoms with E-state index in [1.807, 2.05) is 0 Å². The van der Waals surface area contributed by atoms with Gasteiger partial charge < -0.3 is 4.74 Å². The van der Waals surface area contributed by atoms with Crippen molar-refractivity contribution in [3.8, 4) is 10.6 Å². The molecular formula is C10H8F2N2O2S. The maximum Gasteiger partial charge on any atom is 0.356 e. The van der Waals surface area contributed by atoms with Gasteiger partial charge in [-0.3, -0.25) is 0 Å². The van der Waals surface area contributed by atoms with E-state index in [1.165, 1.54) is 17.4 Å². The van der Waals surface area contributed by atoms with Crippen molar-refractivity contribution in [2.24, 2.45) is 0 Å². The molecule has 0 spiro atoms.